The van der Waals surface area contributed by atoms with Crippen LogP contribution >= 0.6 is 0 Å². The zero-order chi connectivity index (χ0) is 13.5. The summed E-state index contributed by atoms with van der Waals surface area (Å²) in [4.78, 5) is 2.46. The Morgan fingerprint density at radius 3 is 3.00 bits per heavy atom. The number of nitrogens with zero attached hydrogens (tertiary/aromatic N) is 1. The van der Waals surface area contributed by atoms with Gasteiger partial charge in [0.2, 0.25) is 0 Å². The maximum absolute atomic E-state index is 5.23. The summed E-state index contributed by atoms with van der Waals surface area (Å²) >= 11 is 0. The molecule has 106 valence electrons. The minimum absolute atomic E-state index is 0.503. The first-order valence-corrected chi connectivity index (χ1v) is 7.43. The molecule has 1 atom stereocenters. The highest BCUT2D eigenvalue weighted by atomic mass is 16.5. The molecule has 1 aliphatic heterocycles. The van der Waals surface area contributed by atoms with Gasteiger partial charge in [-0.2, -0.15) is 0 Å². The Hall–Kier alpha value is -1.06. The molecule has 1 heterocycles. The van der Waals surface area contributed by atoms with Crippen molar-refractivity contribution in [3.63, 3.8) is 0 Å². The molecular formula is C16H26N2O. The molecule has 0 aromatic heterocycles. The van der Waals surface area contributed by atoms with E-state index in [1.807, 2.05) is 0 Å². The summed E-state index contributed by atoms with van der Waals surface area (Å²) < 4.78 is 5.23. The molecular weight excluding hydrogens is 236 g/mol. The number of ether oxygens (including phenoxy) is 1. The second-order valence-electron chi connectivity index (χ2n) is 5.19. The van der Waals surface area contributed by atoms with Gasteiger partial charge < -0.3 is 15.0 Å². The molecule has 1 N–H and O–H groups in total. The molecule has 0 spiro atoms. The molecule has 3 heteroatoms. The fourth-order valence-corrected chi connectivity index (χ4v) is 2.80. The highest BCUT2D eigenvalue weighted by Crippen LogP contribution is 2.32. The summed E-state index contributed by atoms with van der Waals surface area (Å²) in [6.45, 7) is 6.22. The maximum atomic E-state index is 5.23. The van der Waals surface area contributed by atoms with Crippen molar-refractivity contribution in [1.82, 2.24) is 5.32 Å². The van der Waals surface area contributed by atoms with Gasteiger partial charge in [0, 0.05) is 31.9 Å². The molecule has 3 nitrogen and oxygen atoms in total. The third-order valence-corrected chi connectivity index (χ3v) is 3.78. The van der Waals surface area contributed by atoms with Crippen molar-refractivity contribution in [3.05, 3.63) is 29.8 Å². The number of rotatable bonds is 6. The normalized spacial score (nSPS) is 19.1. The Morgan fingerprint density at radius 2 is 2.21 bits per heavy atom. The van der Waals surface area contributed by atoms with Crippen LogP contribution in [0.3, 0.4) is 0 Å². The minimum Gasteiger partial charge on any atom is -0.383 e. The lowest BCUT2D eigenvalue weighted by molar-refractivity contribution is 0.205. The lowest BCUT2D eigenvalue weighted by Gasteiger charge is -2.25. The van der Waals surface area contributed by atoms with Gasteiger partial charge in [0.15, 0.2) is 0 Å². The minimum atomic E-state index is 0.503. The number of anilines is 1. The van der Waals surface area contributed by atoms with E-state index in [2.05, 4.69) is 41.4 Å². The summed E-state index contributed by atoms with van der Waals surface area (Å²) in [6, 6.07) is 9.31. The number of benzene rings is 1. The molecule has 0 bridgehead atoms. The Balaban J connectivity index is 2.18. The van der Waals surface area contributed by atoms with Gasteiger partial charge in [-0.15, -0.1) is 0 Å². The van der Waals surface area contributed by atoms with Crippen molar-refractivity contribution in [2.45, 2.75) is 32.2 Å². The summed E-state index contributed by atoms with van der Waals surface area (Å²) in [5.41, 5.74) is 2.83. The lowest BCUT2D eigenvalue weighted by atomic mass is 10.0. The van der Waals surface area contributed by atoms with Crippen LogP contribution in [0.2, 0.25) is 0 Å². The average Bonchev–Trinajstić information content (AvgIpc) is 2.62. The fourth-order valence-electron chi connectivity index (χ4n) is 2.80. The molecule has 1 aromatic rings. The standard InChI is InChI=1S/C16H26N2O/c1-3-10-17-15-8-6-11-18(12-13-19-2)16-9-5-4-7-14(15)16/h4-5,7,9,15,17H,3,6,8,10-13H2,1-2H3. The van der Waals surface area contributed by atoms with Gasteiger partial charge in [0.05, 0.1) is 6.61 Å². The number of nitrogens with one attached hydrogen (secondary N) is 1. The van der Waals surface area contributed by atoms with E-state index in [4.69, 9.17) is 4.74 Å². The van der Waals surface area contributed by atoms with Crippen molar-refractivity contribution in [3.8, 4) is 0 Å². The number of methoxy groups -OCH3 is 1. The Morgan fingerprint density at radius 1 is 1.37 bits per heavy atom. The molecule has 0 aliphatic carbocycles. The van der Waals surface area contributed by atoms with Gasteiger partial charge in [-0.05, 0) is 37.4 Å². The number of hydrogen-bond donors (Lipinski definition) is 1. The van der Waals surface area contributed by atoms with Crippen molar-refractivity contribution in [1.29, 1.82) is 0 Å². The van der Waals surface area contributed by atoms with E-state index in [1.165, 1.54) is 30.5 Å². The van der Waals surface area contributed by atoms with Gasteiger partial charge in [0.1, 0.15) is 0 Å². The molecule has 0 saturated carbocycles. The summed E-state index contributed by atoms with van der Waals surface area (Å²) in [7, 11) is 1.77. The topological polar surface area (TPSA) is 24.5 Å². The molecule has 0 amide bonds. The molecule has 0 radical (unpaired) electrons. The number of fused-ring (bicyclic) bond motifs is 1. The summed E-state index contributed by atoms with van der Waals surface area (Å²) in [5.74, 6) is 0. The van der Waals surface area contributed by atoms with Crippen LogP contribution in [0.1, 0.15) is 37.8 Å². The van der Waals surface area contributed by atoms with Crippen molar-refractivity contribution >= 4 is 5.69 Å². The molecule has 0 saturated heterocycles. The second-order valence-corrected chi connectivity index (χ2v) is 5.19. The van der Waals surface area contributed by atoms with Crippen molar-refractivity contribution < 1.29 is 4.74 Å². The predicted molar refractivity (Wildman–Crippen MR) is 80.8 cm³/mol. The summed E-state index contributed by atoms with van der Waals surface area (Å²) in [6.07, 6.45) is 3.65. The van der Waals surface area contributed by atoms with Crippen LogP contribution in [-0.2, 0) is 4.74 Å². The van der Waals surface area contributed by atoms with E-state index in [1.54, 1.807) is 7.11 Å². The van der Waals surface area contributed by atoms with E-state index in [9.17, 15) is 0 Å². The fraction of sp³-hybridized carbons (Fsp3) is 0.625. The maximum Gasteiger partial charge on any atom is 0.0637 e. The van der Waals surface area contributed by atoms with Gasteiger partial charge in [0.25, 0.3) is 0 Å². The third-order valence-electron chi connectivity index (χ3n) is 3.78. The number of hydrogen-bond acceptors (Lipinski definition) is 3. The van der Waals surface area contributed by atoms with E-state index in [-0.39, 0.29) is 0 Å². The van der Waals surface area contributed by atoms with Crippen LogP contribution in [0.5, 0.6) is 0 Å². The van der Waals surface area contributed by atoms with Crippen LogP contribution in [0, 0.1) is 0 Å². The molecule has 1 aromatic carbocycles. The van der Waals surface area contributed by atoms with Crippen LogP contribution in [0.15, 0.2) is 24.3 Å². The predicted octanol–water partition coefficient (Wildman–Crippen LogP) is 2.97. The van der Waals surface area contributed by atoms with E-state index < -0.39 is 0 Å². The van der Waals surface area contributed by atoms with Gasteiger partial charge >= 0.3 is 0 Å². The first-order valence-electron chi connectivity index (χ1n) is 7.43. The first kappa shape index (κ1) is 14.4. The smallest absolute Gasteiger partial charge is 0.0637 e. The molecule has 19 heavy (non-hydrogen) atoms. The van der Waals surface area contributed by atoms with Crippen LogP contribution < -0.4 is 10.2 Å². The lowest BCUT2D eigenvalue weighted by Crippen LogP contribution is -2.28. The number of para-hydroxylation sites is 1. The molecule has 0 fully saturated rings. The first-order chi connectivity index (χ1) is 9.36. The van der Waals surface area contributed by atoms with Crippen molar-refractivity contribution in [2.24, 2.45) is 0 Å². The Bertz CT molecular complexity index is 346. The molecule has 1 unspecified atom stereocenters. The molecule has 1 aliphatic rings. The highest BCUT2D eigenvalue weighted by molar-refractivity contribution is 5.55. The zero-order valence-corrected chi connectivity index (χ0v) is 12.2. The van der Waals surface area contributed by atoms with E-state index in [0.29, 0.717) is 6.04 Å². The van der Waals surface area contributed by atoms with E-state index >= 15 is 0 Å². The largest absolute Gasteiger partial charge is 0.383 e. The highest BCUT2D eigenvalue weighted by Gasteiger charge is 2.21. The second kappa shape index (κ2) is 7.51. The molecule has 2 rings (SSSR count). The quantitative estimate of drug-likeness (QED) is 0.853. The van der Waals surface area contributed by atoms with E-state index in [0.717, 1.165) is 26.2 Å². The monoisotopic (exact) mass is 262 g/mol. The Kier molecular flexibility index (Phi) is 5.67. The van der Waals surface area contributed by atoms with Crippen LogP contribution in [-0.4, -0.2) is 33.4 Å². The van der Waals surface area contributed by atoms with Crippen molar-refractivity contribution in [2.75, 3.05) is 38.3 Å². The SMILES string of the molecule is CCCNC1CCCN(CCOC)c2ccccc21. The van der Waals surface area contributed by atoms with Crippen LogP contribution in [0.4, 0.5) is 5.69 Å². The zero-order valence-electron chi connectivity index (χ0n) is 12.2. The average molecular weight is 262 g/mol. The van der Waals surface area contributed by atoms with Gasteiger partial charge in [-0.3, -0.25) is 0 Å². The third kappa shape index (κ3) is 3.71. The Labute approximate surface area is 116 Å². The van der Waals surface area contributed by atoms with Crippen LogP contribution in [0.25, 0.3) is 0 Å². The van der Waals surface area contributed by atoms with Gasteiger partial charge in [-0.25, -0.2) is 0 Å². The summed E-state index contributed by atoms with van der Waals surface area (Å²) in [5, 5.41) is 3.69. The van der Waals surface area contributed by atoms with Gasteiger partial charge in [-0.1, -0.05) is 25.1 Å².